The highest BCUT2D eigenvalue weighted by Crippen LogP contribution is 2.29. The van der Waals surface area contributed by atoms with E-state index in [9.17, 15) is 14.4 Å². The number of rotatable bonds is 12. The lowest BCUT2D eigenvalue weighted by molar-refractivity contribution is -0.120. The molecule has 430 valence electrons. The molecule has 3 aliphatic heterocycles. The molecule has 18 nitrogen and oxygen atoms in total. The number of aromatic nitrogens is 6. The Balaban J connectivity index is 0.000000133. The third-order valence-electron chi connectivity index (χ3n) is 14.7. The van der Waals surface area contributed by atoms with E-state index in [1.165, 1.54) is 13.8 Å². The van der Waals surface area contributed by atoms with Gasteiger partial charge in [-0.15, -0.1) is 0 Å². The summed E-state index contributed by atoms with van der Waals surface area (Å²) in [6.07, 6.45) is 5.49. The molecule has 7 aromatic carbocycles. The molecule has 0 aliphatic carbocycles. The summed E-state index contributed by atoms with van der Waals surface area (Å²) in [5.74, 6) is 2.46. The zero-order valence-electron chi connectivity index (χ0n) is 47.6. The average Bonchev–Trinajstić information content (AvgIpc) is 3.70. The number of hydrogen-bond acceptors (Lipinski definition) is 15. The van der Waals surface area contributed by atoms with E-state index in [1.807, 2.05) is 128 Å². The van der Waals surface area contributed by atoms with Crippen LogP contribution in [0.1, 0.15) is 35.3 Å². The lowest BCUT2D eigenvalue weighted by Crippen LogP contribution is -2.36. The fraction of sp³-hybridized carbons (Fsp3) is 0.239. The molecule has 3 aromatic heterocycles. The Hall–Kier alpha value is -9.75. The lowest BCUT2D eigenvalue weighted by Gasteiger charge is -2.27. The van der Waals surface area contributed by atoms with Crippen LogP contribution in [0.15, 0.2) is 176 Å². The van der Waals surface area contributed by atoms with Gasteiger partial charge in [-0.2, -0.15) is 0 Å². The summed E-state index contributed by atoms with van der Waals surface area (Å²) in [6.45, 7) is 13.4. The maximum atomic E-state index is 12.7. The first-order chi connectivity index (χ1) is 41.6. The summed E-state index contributed by atoms with van der Waals surface area (Å²) in [7, 11) is 0. The van der Waals surface area contributed by atoms with E-state index in [0.29, 0.717) is 31.9 Å². The Morgan fingerprint density at radius 3 is 1.26 bits per heavy atom. The molecule has 0 saturated carbocycles. The number of para-hydroxylation sites is 1. The van der Waals surface area contributed by atoms with Gasteiger partial charge in [-0.05, 0) is 111 Å². The first-order valence-corrected chi connectivity index (χ1v) is 28.6. The standard InChI is InChI=1S/C25H22N4O2.2C21H22N4O2/c30-25(27-21-7-2-1-3-8-21)20-6-4-5-18(15-20)19-9-10-22-23(16-19)28-24(17-26-22)29-11-13-31-14-12-29;1-15(26)22-13-16-2-4-17(5-3-16)18-6-7-19-20(12-18)24-21(14-23-19)25-8-10-27-11-9-25;1-15(26)22-13-16-3-2-4-17(11-16)18-5-6-19-20(12-18)24-21(14-23-19)25-7-9-27-10-8-25/h1-10,15-17H,11-14H2,(H,27,30);2-7,12,14H,8-11,13H2,1H3,(H,22,26);2-6,11-12,14H,7-10,13H2,1H3,(H,22,26). The number of nitrogens with zero attached hydrogens (tertiary/aromatic N) is 9. The summed E-state index contributed by atoms with van der Waals surface area (Å²) in [5, 5.41) is 8.58. The van der Waals surface area contributed by atoms with Gasteiger partial charge in [0.05, 0.1) is 91.3 Å². The number of carbonyl (C=O) groups is 3. The van der Waals surface area contributed by atoms with Crippen LogP contribution in [-0.2, 0) is 36.9 Å². The molecule has 18 heteroatoms. The van der Waals surface area contributed by atoms with E-state index in [1.54, 1.807) is 0 Å². The third kappa shape index (κ3) is 15.1. The maximum absolute atomic E-state index is 12.7. The Morgan fingerprint density at radius 2 is 0.800 bits per heavy atom. The van der Waals surface area contributed by atoms with Gasteiger partial charge in [0, 0.05) is 77.5 Å². The van der Waals surface area contributed by atoms with Gasteiger partial charge in [-0.3, -0.25) is 29.3 Å². The van der Waals surface area contributed by atoms with Gasteiger partial charge >= 0.3 is 0 Å². The van der Waals surface area contributed by atoms with Gasteiger partial charge in [0.1, 0.15) is 17.5 Å². The third-order valence-corrected chi connectivity index (χ3v) is 14.7. The minimum atomic E-state index is -0.136. The number of hydrogen-bond donors (Lipinski definition) is 3. The molecule has 3 N–H and O–H groups in total. The normalized spacial score (nSPS) is 14.2. The lowest BCUT2D eigenvalue weighted by atomic mass is 10.0. The van der Waals surface area contributed by atoms with Crippen molar-refractivity contribution in [2.24, 2.45) is 0 Å². The smallest absolute Gasteiger partial charge is 0.255 e. The van der Waals surface area contributed by atoms with Crippen molar-refractivity contribution >= 4 is 74.0 Å². The zero-order valence-corrected chi connectivity index (χ0v) is 47.6. The molecule has 3 fully saturated rings. The van der Waals surface area contributed by atoms with Crippen molar-refractivity contribution < 1.29 is 28.6 Å². The molecular weight excluding hydrogens is 1070 g/mol. The molecule has 0 radical (unpaired) electrons. The molecular formula is C67H66N12O6. The van der Waals surface area contributed by atoms with Crippen LogP contribution in [0.2, 0.25) is 0 Å². The van der Waals surface area contributed by atoms with Crippen LogP contribution < -0.4 is 30.7 Å². The minimum absolute atomic E-state index is 0.0248. The molecule has 3 aliphatic rings. The molecule has 10 aromatic rings. The van der Waals surface area contributed by atoms with Crippen molar-refractivity contribution in [1.29, 1.82) is 0 Å². The van der Waals surface area contributed by atoms with Gasteiger partial charge in [-0.25, -0.2) is 15.0 Å². The van der Waals surface area contributed by atoms with Crippen LogP contribution in [0.25, 0.3) is 66.5 Å². The van der Waals surface area contributed by atoms with E-state index < -0.39 is 0 Å². The largest absolute Gasteiger partial charge is 0.378 e. The van der Waals surface area contributed by atoms with E-state index in [4.69, 9.17) is 29.2 Å². The number of ether oxygens (including phenoxy) is 3. The highest BCUT2D eigenvalue weighted by atomic mass is 16.5. The molecule has 0 unspecified atom stereocenters. The molecule has 0 atom stereocenters. The number of benzene rings is 7. The summed E-state index contributed by atoms with van der Waals surface area (Å²) in [4.78, 5) is 69.6. The monoisotopic (exact) mass is 1130 g/mol. The van der Waals surface area contributed by atoms with Crippen molar-refractivity contribution in [2.45, 2.75) is 26.9 Å². The molecule has 85 heavy (non-hydrogen) atoms. The number of nitrogens with one attached hydrogen (secondary N) is 3. The maximum Gasteiger partial charge on any atom is 0.255 e. The van der Waals surface area contributed by atoms with Crippen molar-refractivity contribution in [3.05, 3.63) is 193 Å². The van der Waals surface area contributed by atoms with Crippen LogP contribution in [0.4, 0.5) is 23.1 Å². The van der Waals surface area contributed by atoms with Gasteiger partial charge in [0.15, 0.2) is 0 Å². The average molecular weight is 1140 g/mol. The second kappa shape index (κ2) is 27.6. The van der Waals surface area contributed by atoms with E-state index in [-0.39, 0.29) is 17.7 Å². The number of amides is 3. The quantitative estimate of drug-likeness (QED) is 0.104. The second-order valence-corrected chi connectivity index (χ2v) is 20.7. The van der Waals surface area contributed by atoms with E-state index in [2.05, 4.69) is 94.1 Å². The number of carbonyl (C=O) groups excluding carboxylic acids is 3. The molecule has 6 heterocycles. The van der Waals surface area contributed by atoms with Crippen molar-refractivity contribution in [3.8, 4) is 33.4 Å². The van der Waals surface area contributed by atoms with Gasteiger partial charge in [-0.1, -0.05) is 91.0 Å². The first kappa shape index (κ1) is 57.1. The van der Waals surface area contributed by atoms with Gasteiger partial charge in [0.2, 0.25) is 11.8 Å². The van der Waals surface area contributed by atoms with E-state index in [0.717, 1.165) is 166 Å². The fourth-order valence-corrected chi connectivity index (χ4v) is 10.1. The molecule has 3 amide bonds. The van der Waals surface area contributed by atoms with Crippen LogP contribution in [0, 0.1) is 0 Å². The SMILES string of the molecule is CC(=O)NCc1ccc(-c2ccc3ncc(N4CCOCC4)nc3c2)cc1.CC(=O)NCc1cccc(-c2ccc3ncc(N4CCOCC4)nc3c2)c1.O=C(Nc1ccccc1)c1cccc(-c2ccc3ncc(N4CCOCC4)nc3c2)c1. The number of morpholine rings is 3. The predicted octanol–water partition coefficient (Wildman–Crippen LogP) is 9.92. The minimum Gasteiger partial charge on any atom is -0.378 e. The fourth-order valence-electron chi connectivity index (χ4n) is 10.1. The molecule has 0 bridgehead atoms. The highest BCUT2D eigenvalue weighted by Gasteiger charge is 2.18. The Bertz CT molecular complexity index is 3950. The van der Waals surface area contributed by atoms with Crippen LogP contribution in [-0.4, -0.2) is 127 Å². The summed E-state index contributed by atoms with van der Waals surface area (Å²) in [6, 6.07) is 51.7. The van der Waals surface area contributed by atoms with Crippen molar-refractivity contribution in [3.63, 3.8) is 0 Å². The van der Waals surface area contributed by atoms with Crippen molar-refractivity contribution in [2.75, 3.05) is 98.9 Å². The van der Waals surface area contributed by atoms with Gasteiger partial charge in [0.25, 0.3) is 5.91 Å². The van der Waals surface area contributed by atoms with Crippen molar-refractivity contribution in [1.82, 2.24) is 40.5 Å². The predicted molar refractivity (Wildman–Crippen MR) is 333 cm³/mol. The van der Waals surface area contributed by atoms with Gasteiger partial charge < -0.3 is 44.9 Å². The summed E-state index contributed by atoms with van der Waals surface area (Å²) >= 11 is 0. The van der Waals surface area contributed by atoms with E-state index >= 15 is 0 Å². The second-order valence-electron chi connectivity index (χ2n) is 20.7. The highest BCUT2D eigenvalue weighted by molar-refractivity contribution is 6.05. The molecule has 13 rings (SSSR count). The summed E-state index contributed by atoms with van der Waals surface area (Å²) < 4.78 is 16.3. The van der Waals surface area contributed by atoms with Crippen LogP contribution in [0.5, 0.6) is 0 Å². The van der Waals surface area contributed by atoms with Crippen LogP contribution in [0.3, 0.4) is 0 Å². The molecule has 3 saturated heterocycles. The first-order valence-electron chi connectivity index (χ1n) is 28.6. The Labute approximate surface area is 493 Å². The zero-order chi connectivity index (χ0) is 58.3. The Kier molecular flexibility index (Phi) is 18.5. The number of anilines is 4. The number of fused-ring (bicyclic) bond motifs is 3. The topological polar surface area (TPSA) is 202 Å². The van der Waals surface area contributed by atoms with Crippen LogP contribution >= 0.6 is 0 Å². The molecule has 0 spiro atoms. The summed E-state index contributed by atoms with van der Waals surface area (Å²) in [5.41, 5.74) is 15.1. The Morgan fingerprint density at radius 1 is 0.400 bits per heavy atom.